The van der Waals surface area contributed by atoms with Crippen LogP contribution in [0.5, 0.6) is 0 Å². The van der Waals surface area contributed by atoms with E-state index in [0.29, 0.717) is 24.2 Å². The number of aromatic nitrogens is 4. The fraction of sp³-hybridized carbons (Fsp3) is 0.333. The van der Waals surface area contributed by atoms with E-state index in [9.17, 15) is 18.0 Å². The topological polar surface area (TPSA) is 72.2 Å². The Hall–Kier alpha value is -2.97. The number of halogens is 3. The molecule has 1 N–H and O–H groups in total. The Bertz CT molecular complexity index is 995. The maximum atomic E-state index is 13.2. The number of pyridine rings is 1. The highest BCUT2D eigenvalue weighted by Crippen LogP contribution is 2.40. The van der Waals surface area contributed by atoms with Crippen LogP contribution in [0.1, 0.15) is 28.9 Å². The van der Waals surface area contributed by atoms with E-state index in [0.717, 1.165) is 5.56 Å². The summed E-state index contributed by atoms with van der Waals surface area (Å²) in [5.74, 6) is -1.38. The van der Waals surface area contributed by atoms with Crippen molar-refractivity contribution in [2.24, 2.45) is 5.92 Å². The van der Waals surface area contributed by atoms with Crippen molar-refractivity contribution in [1.29, 1.82) is 0 Å². The lowest BCUT2D eigenvalue weighted by Crippen LogP contribution is -2.46. The lowest BCUT2D eigenvalue weighted by molar-refractivity contribution is -0.158. The molecule has 0 aromatic carbocycles. The summed E-state index contributed by atoms with van der Waals surface area (Å²) in [6, 6.07) is 3.50. The first-order chi connectivity index (χ1) is 12.8. The van der Waals surface area contributed by atoms with Crippen molar-refractivity contribution in [3.8, 4) is 11.3 Å². The van der Waals surface area contributed by atoms with Crippen LogP contribution in [0.3, 0.4) is 0 Å². The summed E-state index contributed by atoms with van der Waals surface area (Å²) in [5, 5.41) is 6.22. The molecule has 3 heterocycles. The van der Waals surface area contributed by atoms with Crippen molar-refractivity contribution in [3.05, 3.63) is 48.0 Å². The second-order valence-corrected chi connectivity index (χ2v) is 6.65. The molecule has 1 amide bonds. The van der Waals surface area contributed by atoms with E-state index < -0.39 is 24.0 Å². The van der Waals surface area contributed by atoms with Crippen LogP contribution in [-0.4, -0.2) is 37.7 Å². The van der Waals surface area contributed by atoms with Crippen LogP contribution in [-0.2, 0) is 0 Å². The molecule has 1 unspecified atom stereocenters. The van der Waals surface area contributed by atoms with Crippen molar-refractivity contribution >= 4 is 11.6 Å². The monoisotopic (exact) mass is 375 g/mol. The number of carbonyl (C=O) groups is 1. The highest BCUT2D eigenvalue weighted by molar-refractivity contribution is 6.00. The number of rotatable bonds is 4. The molecule has 1 fully saturated rings. The third-order valence-corrected chi connectivity index (χ3v) is 4.58. The summed E-state index contributed by atoms with van der Waals surface area (Å²) in [5.41, 5.74) is 2.23. The van der Waals surface area contributed by atoms with E-state index in [1.165, 1.54) is 10.7 Å². The van der Waals surface area contributed by atoms with Gasteiger partial charge in [-0.3, -0.25) is 9.78 Å². The number of fused-ring (bicyclic) bond motifs is 1. The third kappa shape index (κ3) is 3.36. The van der Waals surface area contributed by atoms with Gasteiger partial charge in [0.1, 0.15) is 11.6 Å². The first-order valence-corrected chi connectivity index (χ1v) is 8.48. The standard InChI is InChI=1S/C18H16F3N5O/c1-10-7-14(12-3-2-6-22-8-12)24-16-13(9-23-26(10)16)17(27)25-15(11-4-5-11)18(19,20)21/h2-3,6-9,11,15H,4-5H2,1H3,(H,25,27). The molecule has 0 spiro atoms. The van der Waals surface area contributed by atoms with E-state index in [1.807, 2.05) is 6.07 Å². The average Bonchev–Trinajstić information content (AvgIpc) is 3.37. The molecule has 27 heavy (non-hydrogen) atoms. The van der Waals surface area contributed by atoms with E-state index in [2.05, 4.69) is 20.4 Å². The Morgan fingerprint density at radius 3 is 2.74 bits per heavy atom. The van der Waals surface area contributed by atoms with Gasteiger partial charge in [-0.2, -0.15) is 18.3 Å². The van der Waals surface area contributed by atoms with Gasteiger partial charge in [0.05, 0.1) is 11.9 Å². The van der Waals surface area contributed by atoms with Gasteiger partial charge in [-0.05, 0) is 43.9 Å². The lowest BCUT2D eigenvalue weighted by Gasteiger charge is -2.20. The number of alkyl halides is 3. The Balaban J connectivity index is 1.71. The quantitative estimate of drug-likeness (QED) is 0.760. The first kappa shape index (κ1) is 17.4. The van der Waals surface area contributed by atoms with E-state index in [-0.39, 0.29) is 11.2 Å². The second-order valence-electron chi connectivity index (χ2n) is 6.65. The summed E-state index contributed by atoms with van der Waals surface area (Å²) in [4.78, 5) is 21.0. The molecule has 3 aromatic rings. The van der Waals surface area contributed by atoms with Gasteiger partial charge in [-0.25, -0.2) is 9.50 Å². The van der Waals surface area contributed by atoms with Gasteiger partial charge in [-0.15, -0.1) is 0 Å². The van der Waals surface area contributed by atoms with Gasteiger partial charge in [0.25, 0.3) is 5.91 Å². The fourth-order valence-electron chi connectivity index (χ4n) is 3.05. The van der Waals surface area contributed by atoms with Crippen molar-refractivity contribution in [2.45, 2.75) is 32.0 Å². The fourth-order valence-corrected chi connectivity index (χ4v) is 3.05. The maximum absolute atomic E-state index is 13.2. The maximum Gasteiger partial charge on any atom is 0.408 e. The van der Waals surface area contributed by atoms with Crippen LogP contribution in [0.15, 0.2) is 36.8 Å². The molecule has 1 saturated carbocycles. The van der Waals surface area contributed by atoms with Crippen molar-refractivity contribution < 1.29 is 18.0 Å². The molecular formula is C18H16F3N5O. The van der Waals surface area contributed by atoms with Crippen LogP contribution in [0, 0.1) is 12.8 Å². The second kappa shape index (κ2) is 6.33. The van der Waals surface area contributed by atoms with E-state index in [1.54, 1.807) is 31.5 Å². The summed E-state index contributed by atoms with van der Waals surface area (Å²) in [7, 11) is 0. The third-order valence-electron chi connectivity index (χ3n) is 4.58. The summed E-state index contributed by atoms with van der Waals surface area (Å²) in [6.45, 7) is 1.78. The zero-order valence-corrected chi connectivity index (χ0v) is 14.4. The molecule has 9 heteroatoms. The molecular weight excluding hydrogens is 359 g/mol. The number of nitrogens with zero attached hydrogens (tertiary/aromatic N) is 4. The molecule has 0 aliphatic heterocycles. The van der Waals surface area contributed by atoms with Gasteiger partial charge < -0.3 is 5.32 Å². The first-order valence-electron chi connectivity index (χ1n) is 8.48. The largest absolute Gasteiger partial charge is 0.408 e. The van der Waals surface area contributed by atoms with Crippen LogP contribution in [0.4, 0.5) is 13.2 Å². The minimum absolute atomic E-state index is 0.0127. The normalized spacial score (nSPS) is 15.7. The minimum atomic E-state index is -4.48. The molecule has 1 aliphatic carbocycles. The van der Waals surface area contributed by atoms with Crippen LogP contribution < -0.4 is 5.32 Å². The van der Waals surface area contributed by atoms with Crippen LogP contribution in [0.25, 0.3) is 16.9 Å². The molecule has 0 radical (unpaired) electrons. The van der Waals surface area contributed by atoms with Gasteiger partial charge in [0.2, 0.25) is 0 Å². The number of aryl methyl sites for hydroxylation is 1. The summed E-state index contributed by atoms with van der Waals surface area (Å²) in [6.07, 6.45) is 0.939. The molecule has 140 valence electrons. The Morgan fingerprint density at radius 1 is 1.33 bits per heavy atom. The number of hydrogen-bond acceptors (Lipinski definition) is 4. The number of amides is 1. The van der Waals surface area contributed by atoms with Gasteiger partial charge >= 0.3 is 6.18 Å². The summed E-state index contributed by atoms with van der Waals surface area (Å²) >= 11 is 0. The molecule has 3 aromatic heterocycles. The molecule has 0 saturated heterocycles. The lowest BCUT2D eigenvalue weighted by atomic mass is 10.1. The van der Waals surface area contributed by atoms with E-state index >= 15 is 0 Å². The van der Waals surface area contributed by atoms with Crippen molar-refractivity contribution in [3.63, 3.8) is 0 Å². The Morgan fingerprint density at radius 2 is 2.11 bits per heavy atom. The average molecular weight is 375 g/mol. The van der Waals surface area contributed by atoms with Crippen LogP contribution in [0.2, 0.25) is 0 Å². The predicted molar refractivity (Wildman–Crippen MR) is 91.0 cm³/mol. The zero-order chi connectivity index (χ0) is 19.2. The van der Waals surface area contributed by atoms with E-state index in [4.69, 9.17) is 0 Å². The van der Waals surface area contributed by atoms with Crippen molar-refractivity contribution in [2.75, 3.05) is 0 Å². The Labute approximate surface area is 152 Å². The molecule has 4 rings (SSSR count). The van der Waals surface area contributed by atoms with Crippen LogP contribution >= 0.6 is 0 Å². The van der Waals surface area contributed by atoms with Gasteiger partial charge in [-0.1, -0.05) is 0 Å². The zero-order valence-electron chi connectivity index (χ0n) is 14.4. The molecule has 1 aliphatic rings. The highest BCUT2D eigenvalue weighted by Gasteiger charge is 2.49. The summed E-state index contributed by atoms with van der Waals surface area (Å²) < 4.78 is 41.1. The number of nitrogens with one attached hydrogen (secondary N) is 1. The highest BCUT2D eigenvalue weighted by atomic mass is 19.4. The molecule has 6 nitrogen and oxygen atoms in total. The van der Waals surface area contributed by atoms with Gasteiger partial charge in [0.15, 0.2) is 5.65 Å². The smallest absolute Gasteiger partial charge is 0.340 e. The number of carbonyl (C=O) groups excluding carboxylic acids is 1. The predicted octanol–water partition coefficient (Wildman–Crippen LogP) is 3.17. The van der Waals surface area contributed by atoms with Gasteiger partial charge in [0, 0.05) is 23.7 Å². The minimum Gasteiger partial charge on any atom is -0.340 e. The SMILES string of the molecule is Cc1cc(-c2cccnc2)nc2c(C(=O)NC(C3CC3)C(F)(F)F)cnn12. The Kier molecular flexibility index (Phi) is 4.09. The van der Waals surface area contributed by atoms with Crippen molar-refractivity contribution in [1.82, 2.24) is 24.9 Å². The number of hydrogen-bond donors (Lipinski definition) is 1. The molecule has 0 bridgehead atoms. The molecule has 1 atom stereocenters.